The zero-order chi connectivity index (χ0) is 22.6. The highest BCUT2D eigenvalue weighted by Gasteiger charge is 2.36. The molecule has 1 fully saturated rings. The van der Waals surface area contributed by atoms with Gasteiger partial charge in [0.2, 0.25) is 5.91 Å². The minimum Gasteiger partial charge on any atom is -0.497 e. The van der Waals surface area contributed by atoms with E-state index in [0.29, 0.717) is 19.6 Å². The monoisotopic (exact) mass is 437 g/mol. The van der Waals surface area contributed by atoms with Crippen LogP contribution in [0, 0.1) is 0 Å². The number of likely N-dealkylation sites (tertiary alicyclic amines) is 1. The van der Waals surface area contributed by atoms with Crippen molar-refractivity contribution in [2.24, 2.45) is 0 Å². The van der Waals surface area contributed by atoms with Crippen molar-refractivity contribution in [2.75, 3.05) is 7.11 Å². The summed E-state index contributed by atoms with van der Waals surface area (Å²) in [6.45, 7) is 3.48. The van der Waals surface area contributed by atoms with Gasteiger partial charge in [0.15, 0.2) is 0 Å². The van der Waals surface area contributed by atoms with Crippen LogP contribution in [0.4, 0.5) is 0 Å². The van der Waals surface area contributed by atoms with Crippen molar-refractivity contribution in [1.29, 1.82) is 0 Å². The van der Waals surface area contributed by atoms with Crippen LogP contribution < -0.4 is 4.74 Å². The molecule has 0 unspecified atom stereocenters. The largest absolute Gasteiger partial charge is 0.497 e. The van der Waals surface area contributed by atoms with E-state index in [1.54, 1.807) is 7.11 Å². The van der Waals surface area contributed by atoms with Crippen molar-refractivity contribution < 1.29 is 14.3 Å². The van der Waals surface area contributed by atoms with Gasteiger partial charge < -0.3 is 14.4 Å². The van der Waals surface area contributed by atoms with Crippen molar-refractivity contribution in [2.45, 2.75) is 90.0 Å². The van der Waals surface area contributed by atoms with Gasteiger partial charge in [-0.05, 0) is 36.1 Å². The lowest BCUT2D eigenvalue weighted by Gasteiger charge is -2.41. The first-order chi connectivity index (χ1) is 15.7. The van der Waals surface area contributed by atoms with E-state index in [1.165, 1.54) is 37.7 Å². The Morgan fingerprint density at radius 2 is 1.62 bits per heavy atom. The van der Waals surface area contributed by atoms with Gasteiger partial charge in [0.25, 0.3) is 0 Å². The van der Waals surface area contributed by atoms with E-state index < -0.39 is 0 Å². The predicted octanol–water partition coefficient (Wildman–Crippen LogP) is 6.52. The summed E-state index contributed by atoms with van der Waals surface area (Å²) in [5.41, 5.74) is 2.32. The third-order valence-corrected chi connectivity index (χ3v) is 6.46. The molecule has 0 saturated carbocycles. The van der Waals surface area contributed by atoms with Crippen LogP contribution in [0.25, 0.3) is 0 Å². The lowest BCUT2D eigenvalue weighted by molar-refractivity contribution is -0.147. The number of amides is 1. The van der Waals surface area contributed by atoms with Crippen molar-refractivity contribution in [3.8, 4) is 5.75 Å². The molecule has 4 nitrogen and oxygen atoms in total. The van der Waals surface area contributed by atoms with E-state index in [1.807, 2.05) is 30.3 Å². The van der Waals surface area contributed by atoms with E-state index in [2.05, 4.69) is 36.1 Å². The normalized spacial score (nSPS) is 18.7. The SMILES string of the molecule is CCCCCCCC[C@@H]1[C@@H](OCc2ccccc2)CCC(=O)N1Cc1ccc(OC)cc1. The summed E-state index contributed by atoms with van der Waals surface area (Å²) < 4.78 is 11.7. The van der Waals surface area contributed by atoms with Crippen LogP contribution in [0.1, 0.15) is 75.8 Å². The number of carbonyl (C=O) groups excluding carboxylic acids is 1. The minimum absolute atomic E-state index is 0.0850. The number of rotatable bonds is 13. The predicted molar refractivity (Wildman–Crippen MR) is 130 cm³/mol. The summed E-state index contributed by atoms with van der Waals surface area (Å²) in [7, 11) is 1.67. The molecule has 0 bridgehead atoms. The van der Waals surface area contributed by atoms with Gasteiger partial charge in [0, 0.05) is 13.0 Å². The number of carbonyl (C=O) groups is 1. The molecular weight excluding hydrogens is 398 g/mol. The highest BCUT2D eigenvalue weighted by atomic mass is 16.5. The average molecular weight is 438 g/mol. The highest BCUT2D eigenvalue weighted by Crippen LogP contribution is 2.29. The van der Waals surface area contributed by atoms with Crippen LogP contribution in [-0.2, 0) is 22.7 Å². The third kappa shape index (κ3) is 7.37. The molecule has 174 valence electrons. The van der Waals surface area contributed by atoms with E-state index in [9.17, 15) is 4.79 Å². The Bertz CT molecular complexity index is 790. The number of piperidine rings is 1. The number of hydrogen-bond donors (Lipinski definition) is 0. The number of methoxy groups -OCH3 is 1. The van der Waals surface area contributed by atoms with Crippen LogP contribution in [0.15, 0.2) is 54.6 Å². The van der Waals surface area contributed by atoms with Crippen LogP contribution in [-0.4, -0.2) is 30.1 Å². The van der Waals surface area contributed by atoms with Crippen LogP contribution in [0.3, 0.4) is 0 Å². The summed E-state index contributed by atoms with van der Waals surface area (Å²) in [6, 6.07) is 18.5. The van der Waals surface area contributed by atoms with Gasteiger partial charge in [0.1, 0.15) is 5.75 Å². The maximum absolute atomic E-state index is 13.0. The second-order valence-electron chi connectivity index (χ2n) is 8.87. The Morgan fingerprint density at radius 3 is 2.34 bits per heavy atom. The summed E-state index contributed by atoms with van der Waals surface area (Å²) in [4.78, 5) is 15.0. The molecule has 0 radical (unpaired) electrons. The Kier molecular flexibility index (Phi) is 10.1. The Morgan fingerprint density at radius 1 is 0.906 bits per heavy atom. The van der Waals surface area contributed by atoms with E-state index in [0.717, 1.165) is 30.6 Å². The second kappa shape index (κ2) is 13.3. The third-order valence-electron chi connectivity index (χ3n) is 6.46. The maximum atomic E-state index is 13.0. The number of benzene rings is 2. The van der Waals surface area contributed by atoms with E-state index >= 15 is 0 Å². The highest BCUT2D eigenvalue weighted by molar-refractivity contribution is 5.77. The van der Waals surface area contributed by atoms with Gasteiger partial charge in [-0.25, -0.2) is 0 Å². The molecule has 32 heavy (non-hydrogen) atoms. The van der Waals surface area contributed by atoms with Gasteiger partial charge >= 0.3 is 0 Å². The fourth-order valence-electron chi connectivity index (χ4n) is 4.57. The molecule has 1 aliphatic heterocycles. The fourth-order valence-corrected chi connectivity index (χ4v) is 4.57. The topological polar surface area (TPSA) is 38.8 Å². The van der Waals surface area contributed by atoms with Gasteiger partial charge in [0.05, 0.1) is 25.9 Å². The minimum atomic E-state index is 0.0850. The maximum Gasteiger partial charge on any atom is 0.223 e. The lowest BCUT2D eigenvalue weighted by Crippen LogP contribution is -2.51. The molecule has 1 heterocycles. The zero-order valence-corrected chi connectivity index (χ0v) is 19.8. The smallest absolute Gasteiger partial charge is 0.223 e. The first kappa shape index (κ1) is 24.3. The molecule has 0 aliphatic carbocycles. The zero-order valence-electron chi connectivity index (χ0n) is 19.8. The van der Waals surface area contributed by atoms with Gasteiger partial charge in [-0.1, -0.05) is 87.9 Å². The van der Waals surface area contributed by atoms with Crippen molar-refractivity contribution >= 4 is 5.91 Å². The molecule has 2 atom stereocenters. The van der Waals surface area contributed by atoms with Gasteiger partial charge in [-0.3, -0.25) is 4.79 Å². The number of unbranched alkanes of at least 4 members (excludes halogenated alkanes) is 5. The van der Waals surface area contributed by atoms with Crippen molar-refractivity contribution in [1.82, 2.24) is 4.90 Å². The second-order valence-corrected chi connectivity index (χ2v) is 8.87. The Balaban J connectivity index is 1.66. The summed E-state index contributed by atoms with van der Waals surface area (Å²) >= 11 is 0. The molecular formula is C28H39NO3. The van der Waals surface area contributed by atoms with Gasteiger partial charge in [-0.2, -0.15) is 0 Å². The molecule has 0 spiro atoms. The molecule has 0 N–H and O–H groups in total. The standard InChI is InChI=1S/C28H39NO3/c1-3-4-5-6-7-11-14-26-27(32-22-24-12-9-8-10-13-24)19-20-28(30)29(26)21-23-15-17-25(31-2)18-16-23/h8-10,12-13,15-18,26-27H,3-7,11,14,19-22H2,1-2H3/t26-,27+/m1/s1. The van der Waals surface area contributed by atoms with Crippen LogP contribution in [0.2, 0.25) is 0 Å². The van der Waals surface area contributed by atoms with Crippen LogP contribution >= 0.6 is 0 Å². The molecule has 0 aromatic heterocycles. The van der Waals surface area contributed by atoms with Crippen molar-refractivity contribution in [3.63, 3.8) is 0 Å². The number of ether oxygens (including phenoxy) is 2. The molecule has 1 amide bonds. The molecule has 4 heteroatoms. The first-order valence-electron chi connectivity index (χ1n) is 12.3. The number of hydrogen-bond acceptors (Lipinski definition) is 3. The Labute approximate surface area is 193 Å². The lowest BCUT2D eigenvalue weighted by atomic mass is 9.92. The summed E-state index contributed by atoms with van der Waals surface area (Å²) in [5.74, 6) is 1.09. The number of nitrogens with zero attached hydrogens (tertiary/aromatic N) is 1. The molecule has 1 aliphatic rings. The summed E-state index contributed by atoms with van der Waals surface area (Å²) in [5, 5.41) is 0. The average Bonchev–Trinajstić information content (AvgIpc) is 2.83. The van der Waals surface area contributed by atoms with E-state index in [4.69, 9.17) is 9.47 Å². The quantitative estimate of drug-likeness (QED) is 0.335. The fraction of sp³-hybridized carbons (Fsp3) is 0.536. The first-order valence-corrected chi connectivity index (χ1v) is 12.3. The van der Waals surface area contributed by atoms with Crippen molar-refractivity contribution in [3.05, 3.63) is 65.7 Å². The summed E-state index contributed by atoms with van der Waals surface area (Å²) in [6.07, 6.45) is 10.0. The molecule has 2 aromatic carbocycles. The van der Waals surface area contributed by atoms with E-state index in [-0.39, 0.29) is 18.1 Å². The molecule has 2 aromatic rings. The Hall–Kier alpha value is -2.33. The molecule has 3 rings (SSSR count). The van der Waals surface area contributed by atoms with Gasteiger partial charge in [-0.15, -0.1) is 0 Å². The van der Waals surface area contributed by atoms with Crippen LogP contribution in [0.5, 0.6) is 5.75 Å². The molecule has 1 saturated heterocycles.